The Morgan fingerprint density at radius 3 is 2.90 bits per heavy atom. The molecule has 5 heteroatoms. The zero-order valence-corrected chi connectivity index (χ0v) is 14.4. The molecule has 0 aliphatic heterocycles. The van der Waals surface area contributed by atoms with Crippen molar-refractivity contribution in [3.63, 3.8) is 0 Å². The average molecular weight is 355 g/mol. The molecule has 1 aromatic carbocycles. The van der Waals surface area contributed by atoms with Crippen LogP contribution < -0.4 is 5.32 Å². The summed E-state index contributed by atoms with van der Waals surface area (Å²) in [5, 5.41) is 3.59. The Balaban J connectivity index is 2.14. The number of aryl methyl sites for hydroxylation is 2. The highest BCUT2D eigenvalue weighted by molar-refractivity contribution is 9.10. The summed E-state index contributed by atoms with van der Waals surface area (Å²) in [4.78, 5) is 16.4. The van der Waals surface area contributed by atoms with Crippen molar-refractivity contribution in [3.05, 3.63) is 23.3 Å². The lowest BCUT2D eigenvalue weighted by Crippen LogP contribution is -2.22. The fraction of sp³-hybridized carbons (Fsp3) is 0.467. The Kier molecular flexibility index (Phi) is 5.16. The number of carbonyl (C=O) groups excluding carboxylic acids is 1. The Morgan fingerprint density at radius 2 is 2.20 bits per heavy atom. The third-order valence-electron chi connectivity index (χ3n) is 3.16. The normalized spacial score (nSPS) is 12.6. The number of amides is 1. The first-order chi connectivity index (χ1) is 9.51. The maximum atomic E-state index is 12.1. The molecule has 1 atom stereocenters. The largest absolute Gasteiger partial charge is 0.301 e. The van der Waals surface area contributed by atoms with Crippen LogP contribution in [0.5, 0.6) is 0 Å². The number of thiazole rings is 1. The second-order valence-corrected chi connectivity index (χ2v) is 7.18. The maximum absolute atomic E-state index is 12.1. The van der Waals surface area contributed by atoms with Gasteiger partial charge < -0.3 is 5.32 Å². The molecule has 3 nitrogen and oxygen atoms in total. The highest BCUT2D eigenvalue weighted by atomic mass is 79.9. The summed E-state index contributed by atoms with van der Waals surface area (Å²) >= 11 is 4.97. The molecule has 20 heavy (non-hydrogen) atoms. The highest BCUT2D eigenvalue weighted by Gasteiger charge is 2.16. The predicted molar refractivity (Wildman–Crippen MR) is 90.0 cm³/mol. The Bertz CT molecular complexity index is 624. The second kappa shape index (κ2) is 6.68. The molecular formula is C15H19BrN2OS. The highest BCUT2D eigenvalue weighted by Crippen LogP contribution is 2.29. The number of hydrogen-bond acceptors (Lipinski definition) is 3. The molecule has 108 valence electrons. The summed E-state index contributed by atoms with van der Waals surface area (Å²) in [5.41, 5.74) is 3.35. The lowest BCUT2D eigenvalue weighted by atomic mass is 10.1. The molecule has 0 unspecified atom stereocenters. The van der Waals surface area contributed by atoms with Crippen LogP contribution in [0.1, 0.15) is 37.3 Å². The fourth-order valence-electron chi connectivity index (χ4n) is 2.12. The molecule has 1 heterocycles. The molecule has 0 fully saturated rings. The van der Waals surface area contributed by atoms with Crippen LogP contribution in [0.3, 0.4) is 0 Å². The van der Waals surface area contributed by atoms with Crippen LogP contribution in [0.2, 0.25) is 0 Å². The monoisotopic (exact) mass is 354 g/mol. The third-order valence-corrected chi connectivity index (χ3v) is 4.95. The van der Waals surface area contributed by atoms with Crippen LogP contribution in [0.4, 0.5) is 5.13 Å². The summed E-state index contributed by atoms with van der Waals surface area (Å²) < 4.78 is 1.12. The number of nitrogens with zero attached hydrogens (tertiary/aromatic N) is 1. The number of fused-ring (bicyclic) bond motifs is 1. The van der Waals surface area contributed by atoms with Gasteiger partial charge in [-0.05, 0) is 37.5 Å². The van der Waals surface area contributed by atoms with E-state index in [2.05, 4.69) is 59.1 Å². The Hall–Kier alpha value is -0.940. The molecular weight excluding hydrogens is 336 g/mol. The molecule has 1 N–H and O–H groups in total. The van der Waals surface area contributed by atoms with E-state index >= 15 is 0 Å². The number of aromatic nitrogens is 1. The van der Waals surface area contributed by atoms with Crippen LogP contribution in [0, 0.1) is 13.8 Å². The van der Waals surface area contributed by atoms with Crippen LogP contribution in [0.25, 0.3) is 10.2 Å². The van der Waals surface area contributed by atoms with Crippen LogP contribution in [-0.2, 0) is 4.79 Å². The van der Waals surface area contributed by atoms with Gasteiger partial charge in [-0.2, -0.15) is 0 Å². The second-order valence-electron chi connectivity index (χ2n) is 5.05. The molecule has 0 spiro atoms. The van der Waals surface area contributed by atoms with Gasteiger partial charge in [0.15, 0.2) is 5.13 Å². The van der Waals surface area contributed by atoms with Gasteiger partial charge in [0.1, 0.15) is 0 Å². The number of carbonyl (C=O) groups is 1. The smallest absolute Gasteiger partial charge is 0.239 e. The standard InChI is InChI=1S/C15H19BrN2OS/c1-4-5-6-11(16)14(19)18-15-17-13-10(3)7-9(2)8-12(13)20-15/h7-8,11H,4-6H2,1-3H3,(H,17,18,19)/t11-/m1/s1. The van der Waals surface area contributed by atoms with Crippen LogP contribution >= 0.6 is 27.3 Å². The van der Waals surface area contributed by atoms with Gasteiger partial charge in [-0.1, -0.05) is 53.1 Å². The van der Waals surface area contributed by atoms with E-state index in [9.17, 15) is 4.79 Å². The van der Waals surface area contributed by atoms with Gasteiger partial charge in [0.25, 0.3) is 0 Å². The lowest BCUT2D eigenvalue weighted by molar-refractivity contribution is -0.115. The third kappa shape index (κ3) is 3.58. The number of anilines is 1. The van der Waals surface area contributed by atoms with E-state index in [1.165, 1.54) is 16.9 Å². The topological polar surface area (TPSA) is 42.0 Å². The first-order valence-corrected chi connectivity index (χ1v) is 8.57. The zero-order chi connectivity index (χ0) is 14.7. The summed E-state index contributed by atoms with van der Waals surface area (Å²) in [6, 6.07) is 4.22. The number of halogens is 1. The number of rotatable bonds is 5. The van der Waals surface area contributed by atoms with Gasteiger partial charge in [0.2, 0.25) is 5.91 Å². The molecule has 1 amide bonds. The lowest BCUT2D eigenvalue weighted by Gasteiger charge is -2.07. The maximum Gasteiger partial charge on any atom is 0.239 e. The van der Waals surface area contributed by atoms with E-state index in [1.54, 1.807) is 0 Å². The van der Waals surface area contributed by atoms with E-state index in [4.69, 9.17) is 0 Å². The number of nitrogens with one attached hydrogen (secondary N) is 1. The van der Waals surface area contributed by atoms with Crippen LogP contribution in [-0.4, -0.2) is 15.7 Å². The van der Waals surface area contributed by atoms with E-state index < -0.39 is 0 Å². The van der Waals surface area contributed by atoms with Crippen molar-refractivity contribution in [1.82, 2.24) is 4.98 Å². The minimum Gasteiger partial charge on any atom is -0.301 e. The number of alkyl halides is 1. The van der Waals surface area contributed by atoms with Crippen molar-refractivity contribution in [3.8, 4) is 0 Å². The zero-order valence-electron chi connectivity index (χ0n) is 12.0. The van der Waals surface area contributed by atoms with E-state index in [-0.39, 0.29) is 10.7 Å². The molecule has 2 aromatic rings. The van der Waals surface area contributed by atoms with Gasteiger partial charge in [0, 0.05) is 0 Å². The minimum atomic E-state index is -0.141. The average Bonchev–Trinajstić information content (AvgIpc) is 2.78. The number of hydrogen-bond donors (Lipinski definition) is 1. The summed E-state index contributed by atoms with van der Waals surface area (Å²) in [7, 11) is 0. The fourth-order valence-corrected chi connectivity index (χ4v) is 3.61. The molecule has 0 aliphatic carbocycles. The van der Waals surface area contributed by atoms with Crippen molar-refractivity contribution in [2.75, 3.05) is 5.32 Å². The molecule has 0 aliphatic rings. The number of benzene rings is 1. The van der Waals surface area contributed by atoms with Crippen molar-refractivity contribution >= 4 is 48.5 Å². The van der Waals surface area contributed by atoms with Gasteiger partial charge in [0.05, 0.1) is 15.0 Å². The summed E-state index contributed by atoms with van der Waals surface area (Å²) in [6.45, 7) is 6.25. The van der Waals surface area contributed by atoms with Gasteiger partial charge in [-0.15, -0.1) is 0 Å². The first kappa shape index (κ1) is 15.4. The minimum absolute atomic E-state index is 0.00752. The molecule has 0 saturated carbocycles. The van der Waals surface area contributed by atoms with Crippen molar-refractivity contribution in [1.29, 1.82) is 0 Å². The molecule has 0 bridgehead atoms. The Morgan fingerprint density at radius 1 is 1.45 bits per heavy atom. The molecule has 2 rings (SSSR count). The van der Waals surface area contributed by atoms with Gasteiger partial charge >= 0.3 is 0 Å². The molecule has 1 aromatic heterocycles. The quantitative estimate of drug-likeness (QED) is 0.783. The van der Waals surface area contributed by atoms with Gasteiger partial charge in [-0.3, -0.25) is 4.79 Å². The van der Waals surface area contributed by atoms with E-state index in [0.717, 1.165) is 35.0 Å². The summed E-state index contributed by atoms with van der Waals surface area (Å²) in [5.74, 6) is -0.00752. The van der Waals surface area contributed by atoms with Crippen LogP contribution in [0.15, 0.2) is 12.1 Å². The van der Waals surface area contributed by atoms with Gasteiger partial charge in [-0.25, -0.2) is 4.98 Å². The van der Waals surface area contributed by atoms with Crippen molar-refractivity contribution in [2.24, 2.45) is 0 Å². The Labute approximate surface area is 131 Å². The predicted octanol–water partition coefficient (Wildman–Crippen LogP) is 4.81. The van der Waals surface area contributed by atoms with Crippen molar-refractivity contribution < 1.29 is 4.79 Å². The molecule has 0 radical (unpaired) electrons. The summed E-state index contributed by atoms with van der Waals surface area (Å²) in [6.07, 6.45) is 2.99. The van der Waals surface area contributed by atoms with E-state index in [0.29, 0.717) is 5.13 Å². The SMILES string of the molecule is CCCC[C@@H](Br)C(=O)Nc1nc2c(C)cc(C)cc2s1. The number of unbranched alkanes of at least 4 members (excludes halogenated alkanes) is 1. The molecule has 0 saturated heterocycles. The first-order valence-electron chi connectivity index (χ1n) is 6.84. The van der Waals surface area contributed by atoms with E-state index in [1.807, 2.05) is 0 Å². The van der Waals surface area contributed by atoms with Crippen molar-refractivity contribution in [2.45, 2.75) is 44.9 Å².